The van der Waals surface area contributed by atoms with E-state index < -0.39 is 17.5 Å². The lowest BCUT2D eigenvalue weighted by Gasteiger charge is -2.17. The molecule has 0 spiro atoms. The number of nitrogens with zero attached hydrogens (tertiary/aromatic N) is 2. The minimum Gasteiger partial charge on any atom is -0.480 e. The highest BCUT2D eigenvalue weighted by molar-refractivity contribution is 6.09. The third kappa shape index (κ3) is 1.85. The van der Waals surface area contributed by atoms with Crippen molar-refractivity contribution in [1.82, 2.24) is 4.90 Å². The third-order valence-corrected chi connectivity index (χ3v) is 2.43. The van der Waals surface area contributed by atoms with Crippen LogP contribution in [-0.2, 0) is 9.63 Å². The molecule has 0 aliphatic carbocycles. The minimum absolute atomic E-state index is 0.0357. The van der Waals surface area contributed by atoms with E-state index in [0.29, 0.717) is 0 Å². The first-order valence-electron chi connectivity index (χ1n) is 4.23. The van der Waals surface area contributed by atoms with Crippen molar-refractivity contribution in [3.8, 4) is 0 Å². The second-order valence-electron chi connectivity index (χ2n) is 3.50. The Morgan fingerprint density at radius 2 is 2.13 bits per heavy atom. The zero-order chi connectivity index (χ0) is 11.6. The molecule has 15 heavy (non-hydrogen) atoms. The summed E-state index contributed by atoms with van der Waals surface area (Å²) in [4.78, 5) is 27.2. The van der Waals surface area contributed by atoms with Gasteiger partial charge in [0.05, 0.1) is 12.3 Å². The van der Waals surface area contributed by atoms with E-state index in [-0.39, 0.29) is 18.8 Å². The molecule has 0 saturated carbocycles. The summed E-state index contributed by atoms with van der Waals surface area (Å²) in [6.45, 7) is 1.28. The summed E-state index contributed by atoms with van der Waals surface area (Å²) in [5.41, 5.74) is -1.09. The quantitative estimate of drug-likeness (QED) is 0.636. The number of aliphatic carboxylic acids is 1. The van der Waals surface area contributed by atoms with Gasteiger partial charge < -0.3 is 20.0 Å². The molecule has 1 saturated heterocycles. The molecule has 2 N–H and O–H groups in total. The van der Waals surface area contributed by atoms with Crippen molar-refractivity contribution >= 4 is 17.8 Å². The summed E-state index contributed by atoms with van der Waals surface area (Å²) in [7, 11) is 1.29. The summed E-state index contributed by atoms with van der Waals surface area (Å²) >= 11 is 0. The molecule has 1 fully saturated rings. The van der Waals surface area contributed by atoms with Gasteiger partial charge in [-0.15, -0.1) is 0 Å². The normalized spacial score (nSPS) is 28.1. The van der Waals surface area contributed by atoms with Gasteiger partial charge in [0, 0.05) is 6.54 Å². The van der Waals surface area contributed by atoms with Gasteiger partial charge in [0.25, 0.3) is 0 Å². The smallest absolute Gasteiger partial charge is 0.407 e. The van der Waals surface area contributed by atoms with Crippen LogP contribution in [-0.4, -0.2) is 53.1 Å². The largest absolute Gasteiger partial charge is 0.480 e. The number of hydrogen-bond acceptors (Lipinski definition) is 4. The van der Waals surface area contributed by atoms with Gasteiger partial charge in [-0.25, -0.2) is 4.79 Å². The monoisotopic (exact) mass is 216 g/mol. The average Bonchev–Trinajstić information content (AvgIpc) is 2.46. The van der Waals surface area contributed by atoms with Gasteiger partial charge in [-0.3, -0.25) is 4.79 Å². The Morgan fingerprint density at radius 1 is 1.53 bits per heavy atom. The van der Waals surface area contributed by atoms with Crippen LogP contribution in [0.5, 0.6) is 0 Å². The van der Waals surface area contributed by atoms with Crippen molar-refractivity contribution in [2.24, 2.45) is 10.6 Å². The lowest BCUT2D eigenvalue weighted by atomic mass is 9.88. The van der Waals surface area contributed by atoms with E-state index in [4.69, 9.17) is 10.2 Å². The fourth-order valence-electron chi connectivity index (χ4n) is 1.45. The molecule has 7 nitrogen and oxygen atoms in total. The second-order valence-corrected chi connectivity index (χ2v) is 3.50. The SMILES string of the molecule is CON=C1CN(C(=O)O)CC1(C)C(=O)O. The fraction of sp³-hybridized carbons (Fsp3) is 0.625. The molecule has 1 heterocycles. The number of carboxylic acid groups (broad SMARTS) is 2. The Balaban J connectivity index is 3.01. The zero-order valence-corrected chi connectivity index (χ0v) is 8.43. The van der Waals surface area contributed by atoms with Gasteiger partial charge in [0.15, 0.2) is 0 Å². The van der Waals surface area contributed by atoms with Gasteiger partial charge in [-0.1, -0.05) is 5.16 Å². The molecule has 0 radical (unpaired) electrons. The molecule has 1 atom stereocenters. The van der Waals surface area contributed by atoms with Gasteiger partial charge in [0.2, 0.25) is 0 Å². The van der Waals surface area contributed by atoms with Crippen LogP contribution in [0.1, 0.15) is 6.92 Å². The summed E-state index contributed by atoms with van der Waals surface area (Å²) in [6, 6.07) is 0. The van der Waals surface area contributed by atoms with Crippen LogP contribution in [0.3, 0.4) is 0 Å². The van der Waals surface area contributed by atoms with Crippen LogP contribution in [0, 0.1) is 5.41 Å². The number of oxime groups is 1. The van der Waals surface area contributed by atoms with Gasteiger partial charge in [-0.05, 0) is 6.92 Å². The van der Waals surface area contributed by atoms with Crippen molar-refractivity contribution in [3.05, 3.63) is 0 Å². The first-order valence-corrected chi connectivity index (χ1v) is 4.23. The van der Waals surface area contributed by atoms with Crippen LogP contribution in [0.4, 0.5) is 4.79 Å². The van der Waals surface area contributed by atoms with E-state index >= 15 is 0 Å². The van der Waals surface area contributed by atoms with Crippen molar-refractivity contribution < 1.29 is 24.6 Å². The Hall–Kier alpha value is -1.79. The maximum atomic E-state index is 11.0. The number of amides is 1. The maximum Gasteiger partial charge on any atom is 0.407 e. The third-order valence-electron chi connectivity index (χ3n) is 2.43. The number of likely N-dealkylation sites (tertiary alicyclic amines) is 1. The molecule has 1 aliphatic rings. The Labute approximate surface area is 85.9 Å². The molecule has 0 bridgehead atoms. The molecular weight excluding hydrogens is 204 g/mol. The predicted octanol–water partition coefficient (Wildman–Crippen LogP) is 0.0733. The van der Waals surface area contributed by atoms with E-state index in [1.807, 2.05) is 0 Å². The topological polar surface area (TPSA) is 99.4 Å². The van der Waals surface area contributed by atoms with E-state index in [0.717, 1.165) is 4.90 Å². The highest BCUT2D eigenvalue weighted by atomic mass is 16.6. The highest BCUT2D eigenvalue weighted by Gasteiger charge is 2.48. The number of carboxylic acids is 1. The van der Waals surface area contributed by atoms with Gasteiger partial charge >= 0.3 is 12.1 Å². The van der Waals surface area contributed by atoms with Gasteiger partial charge in [0.1, 0.15) is 12.5 Å². The number of rotatable bonds is 2. The maximum absolute atomic E-state index is 11.0. The van der Waals surface area contributed by atoms with E-state index in [9.17, 15) is 9.59 Å². The van der Waals surface area contributed by atoms with Crippen molar-refractivity contribution in [2.75, 3.05) is 20.2 Å². The second kappa shape index (κ2) is 3.76. The Kier molecular flexibility index (Phi) is 2.83. The zero-order valence-electron chi connectivity index (χ0n) is 8.43. The van der Waals surface area contributed by atoms with Gasteiger partial charge in [-0.2, -0.15) is 0 Å². The molecule has 1 aliphatic heterocycles. The van der Waals surface area contributed by atoms with E-state index in [2.05, 4.69) is 9.99 Å². The molecule has 0 aromatic carbocycles. The van der Waals surface area contributed by atoms with Crippen molar-refractivity contribution in [1.29, 1.82) is 0 Å². The standard InChI is InChI=1S/C8H12N2O5/c1-8(6(11)12)4-10(7(13)14)3-5(8)9-15-2/h3-4H2,1-2H3,(H,11,12)(H,13,14). The molecule has 7 heteroatoms. The fourth-order valence-corrected chi connectivity index (χ4v) is 1.45. The molecule has 0 aromatic heterocycles. The lowest BCUT2D eigenvalue weighted by molar-refractivity contribution is -0.143. The number of carbonyl (C=O) groups is 2. The summed E-state index contributed by atoms with van der Waals surface area (Å²) < 4.78 is 0. The molecule has 1 unspecified atom stereocenters. The van der Waals surface area contributed by atoms with Crippen LogP contribution < -0.4 is 0 Å². The highest BCUT2D eigenvalue weighted by Crippen LogP contribution is 2.28. The first kappa shape index (κ1) is 11.3. The van der Waals surface area contributed by atoms with Crippen molar-refractivity contribution in [3.63, 3.8) is 0 Å². The molecule has 84 valence electrons. The average molecular weight is 216 g/mol. The lowest BCUT2D eigenvalue weighted by Crippen LogP contribution is -2.37. The number of hydrogen-bond donors (Lipinski definition) is 2. The van der Waals surface area contributed by atoms with Crippen LogP contribution in [0.2, 0.25) is 0 Å². The first-order chi connectivity index (χ1) is 6.91. The molecular formula is C8H12N2O5. The summed E-state index contributed by atoms with van der Waals surface area (Å²) in [6.07, 6.45) is -1.16. The van der Waals surface area contributed by atoms with Crippen LogP contribution >= 0.6 is 0 Å². The van der Waals surface area contributed by atoms with E-state index in [1.54, 1.807) is 0 Å². The van der Waals surface area contributed by atoms with Crippen molar-refractivity contribution in [2.45, 2.75) is 6.92 Å². The van der Waals surface area contributed by atoms with Crippen LogP contribution in [0.25, 0.3) is 0 Å². The Bertz CT molecular complexity index is 327. The van der Waals surface area contributed by atoms with E-state index in [1.165, 1.54) is 14.0 Å². The summed E-state index contributed by atoms with van der Waals surface area (Å²) in [5, 5.41) is 21.3. The molecule has 1 amide bonds. The minimum atomic E-state index is -1.30. The van der Waals surface area contributed by atoms with Crippen LogP contribution in [0.15, 0.2) is 5.16 Å². The summed E-state index contributed by atoms with van der Waals surface area (Å²) in [5.74, 6) is -1.11. The Morgan fingerprint density at radius 3 is 2.53 bits per heavy atom. The predicted molar refractivity (Wildman–Crippen MR) is 49.8 cm³/mol. The molecule has 1 rings (SSSR count). The molecule has 0 aromatic rings.